The quantitative estimate of drug-likeness (QED) is 0.601. The van der Waals surface area contributed by atoms with Crippen LogP contribution in [0.25, 0.3) is 0 Å². The summed E-state index contributed by atoms with van der Waals surface area (Å²) >= 11 is 5.80. The highest BCUT2D eigenvalue weighted by Crippen LogP contribution is 2.24. The van der Waals surface area contributed by atoms with Gasteiger partial charge in [0.2, 0.25) is 0 Å². The lowest BCUT2D eigenvalue weighted by Crippen LogP contribution is -2.27. The molecule has 0 aliphatic carbocycles. The molecular formula is C20H19ClFN5O2. The van der Waals surface area contributed by atoms with Gasteiger partial charge in [0.25, 0.3) is 5.91 Å². The molecule has 0 fully saturated rings. The SMILES string of the molecule is CN(C)C(=O)COc1ccc(Nc2cc(Nc3ccc(F)c(Cl)c3)ncn2)cc1. The van der Waals surface area contributed by atoms with Gasteiger partial charge in [0.1, 0.15) is 29.5 Å². The molecule has 1 heterocycles. The van der Waals surface area contributed by atoms with Crippen LogP contribution in [0.5, 0.6) is 5.75 Å². The third-order valence-corrected chi connectivity index (χ3v) is 4.14. The normalized spacial score (nSPS) is 10.3. The Kier molecular flexibility index (Phi) is 6.46. The number of carbonyl (C=O) groups is 1. The third kappa shape index (κ3) is 5.79. The number of anilines is 4. The molecule has 29 heavy (non-hydrogen) atoms. The molecule has 3 rings (SSSR count). The van der Waals surface area contributed by atoms with Crippen LogP contribution in [0.3, 0.4) is 0 Å². The molecule has 0 atom stereocenters. The summed E-state index contributed by atoms with van der Waals surface area (Å²) in [7, 11) is 3.35. The molecule has 0 saturated carbocycles. The Morgan fingerprint density at radius 2 is 1.66 bits per heavy atom. The molecule has 150 valence electrons. The van der Waals surface area contributed by atoms with E-state index >= 15 is 0 Å². The Balaban J connectivity index is 1.62. The van der Waals surface area contributed by atoms with Gasteiger partial charge >= 0.3 is 0 Å². The average Bonchev–Trinajstić information content (AvgIpc) is 2.70. The molecular weight excluding hydrogens is 397 g/mol. The minimum Gasteiger partial charge on any atom is -0.484 e. The summed E-state index contributed by atoms with van der Waals surface area (Å²) in [6, 6.07) is 13.2. The van der Waals surface area contributed by atoms with Crippen LogP contribution in [0.2, 0.25) is 5.02 Å². The maximum atomic E-state index is 13.3. The molecule has 0 spiro atoms. The van der Waals surface area contributed by atoms with Gasteiger partial charge in [-0.2, -0.15) is 0 Å². The van der Waals surface area contributed by atoms with E-state index in [0.29, 0.717) is 23.1 Å². The van der Waals surface area contributed by atoms with Gasteiger partial charge in [-0.25, -0.2) is 14.4 Å². The first kappa shape index (κ1) is 20.3. The zero-order valence-corrected chi connectivity index (χ0v) is 16.6. The number of halogens is 2. The fourth-order valence-corrected chi connectivity index (χ4v) is 2.45. The number of nitrogens with zero attached hydrogens (tertiary/aromatic N) is 3. The summed E-state index contributed by atoms with van der Waals surface area (Å²) in [5.74, 6) is 1.07. The zero-order chi connectivity index (χ0) is 20.8. The number of nitrogens with one attached hydrogen (secondary N) is 2. The van der Waals surface area contributed by atoms with Gasteiger partial charge in [-0.05, 0) is 42.5 Å². The van der Waals surface area contributed by atoms with E-state index in [1.54, 1.807) is 38.4 Å². The zero-order valence-electron chi connectivity index (χ0n) is 15.8. The van der Waals surface area contributed by atoms with Gasteiger partial charge in [0.05, 0.1) is 5.02 Å². The number of carbonyl (C=O) groups excluding carboxylic acids is 1. The predicted octanol–water partition coefficient (Wildman–Crippen LogP) is 4.22. The number of rotatable bonds is 7. The Morgan fingerprint density at radius 1 is 1.03 bits per heavy atom. The minimum atomic E-state index is -0.485. The summed E-state index contributed by atoms with van der Waals surface area (Å²) in [6.07, 6.45) is 1.40. The lowest BCUT2D eigenvalue weighted by atomic mass is 10.3. The minimum absolute atomic E-state index is 0.0197. The van der Waals surface area contributed by atoms with E-state index in [-0.39, 0.29) is 17.5 Å². The van der Waals surface area contributed by atoms with Gasteiger partial charge in [0, 0.05) is 31.5 Å². The van der Waals surface area contributed by atoms with Gasteiger partial charge in [-0.1, -0.05) is 11.6 Å². The van der Waals surface area contributed by atoms with Crippen molar-refractivity contribution in [3.8, 4) is 5.75 Å². The van der Waals surface area contributed by atoms with Crippen molar-refractivity contribution < 1.29 is 13.9 Å². The summed E-state index contributed by atoms with van der Waals surface area (Å²) in [4.78, 5) is 21.4. The molecule has 2 N–H and O–H groups in total. The standard InChI is InChI=1S/C20H19ClFN5O2/c1-27(2)20(28)11-29-15-6-3-13(4-7-15)25-18-10-19(24-12-23-18)26-14-5-8-17(22)16(21)9-14/h3-10,12H,11H2,1-2H3,(H2,23,24,25,26). The van der Waals surface area contributed by atoms with Gasteiger partial charge in [-0.3, -0.25) is 4.79 Å². The van der Waals surface area contributed by atoms with Crippen LogP contribution in [-0.4, -0.2) is 41.5 Å². The second kappa shape index (κ2) is 9.20. The van der Waals surface area contributed by atoms with E-state index in [0.717, 1.165) is 5.69 Å². The number of likely N-dealkylation sites (N-methyl/N-ethyl adjacent to an activating group) is 1. The molecule has 0 aliphatic heterocycles. The van der Waals surface area contributed by atoms with Gasteiger partial charge in [-0.15, -0.1) is 0 Å². The maximum absolute atomic E-state index is 13.3. The fourth-order valence-electron chi connectivity index (χ4n) is 2.27. The van der Waals surface area contributed by atoms with E-state index in [1.807, 2.05) is 12.1 Å². The Morgan fingerprint density at radius 3 is 2.28 bits per heavy atom. The van der Waals surface area contributed by atoms with Crippen molar-refractivity contribution in [2.24, 2.45) is 0 Å². The number of ether oxygens (including phenoxy) is 1. The Labute approximate surface area is 172 Å². The van der Waals surface area contributed by atoms with Crippen molar-refractivity contribution in [3.63, 3.8) is 0 Å². The highest BCUT2D eigenvalue weighted by molar-refractivity contribution is 6.31. The molecule has 1 aromatic heterocycles. The number of hydrogen-bond acceptors (Lipinski definition) is 6. The summed E-state index contributed by atoms with van der Waals surface area (Å²) in [6.45, 7) is -0.0197. The molecule has 0 unspecified atom stereocenters. The number of benzene rings is 2. The van der Waals surface area contributed by atoms with Crippen molar-refractivity contribution in [2.45, 2.75) is 0 Å². The van der Waals surface area contributed by atoms with E-state index in [9.17, 15) is 9.18 Å². The highest BCUT2D eigenvalue weighted by Gasteiger charge is 2.06. The molecule has 9 heteroatoms. The van der Waals surface area contributed by atoms with E-state index in [1.165, 1.54) is 23.4 Å². The average molecular weight is 416 g/mol. The first-order chi connectivity index (χ1) is 13.9. The smallest absolute Gasteiger partial charge is 0.259 e. The third-order valence-electron chi connectivity index (χ3n) is 3.85. The van der Waals surface area contributed by atoms with Crippen molar-refractivity contribution >= 4 is 40.5 Å². The van der Waals surface area contributed by atoms with Crippen LogP contribution in [0.4, 0.5) is 27.4 Å². The largest absolute Gasteiger partial charge is 0.484 e. The van der Waals surface area contributed by atoms with Crippen LogP contribution in [0.1, 0.15) is 0 Å². The second-order valence-electron chi connectivity index (χ2n) is 6.27. The molecule has 2 aromatic carbocycles. The van der Waals surface area contributed by atoms with Crippen LogP contribution >= 0.6 is 11.6 Å². The van der Waals surface area contributed by atoms with E-state index in [4.69, 9.17) is 16.3 Å². The summed E-state index contributed by atoms with van der Waals surface area (Å²) in [5.41, 5.74) is 1.39. The van der Waals surface area contributed by atoms with Crippen LogP contribution < -0.4 is 15.4 Å². The molecule has 0 saturated heterocycles. The van der Waals surface area contributed by atoms with Gasteiger partial charge < -0.3 is 20.3 Å². The molecule has 0 bridgehead atoms. The van der Waals surface area contributed by atoms with Crippen molar-refractivity contribution in [1.82, 2.24) is 14.9 Å². The van der Waals surface area contributed by atoms with E-state index in [2.05, 4.69) is 20.6 Å². The number of amides is 1. The Hall–Kier alpha value is -3.39. The maximum Gasteiger partial charge on any atom is 0.259 e. The molecule has 0 radical (unpaired) electrons. The molecule has 0 aliphatic rings. The first-order valence-electron chi connectivity index (χ1n) is 8.65. The number of hydrogen-bond donors (Lipinski definition) is 2. The first-order valence-corrected chi connectivity index (χ1v) is 9.02. The number of aromatic nitrogens is 2. The van der Waals surface area contributed by atoms with Crippen molar-refractivity contribution in [2.75, 3.05) is 31.3 Å². The van der Waals surface area contributed by atoms with Crippen LogP contribution in [0.15, 0.2) is 54.9 Å². The second-order valence-corrected chi connectivity index (χ2v) is 6.68. The highest BCUT2D eigenvalue weighted by atomic mass is 35.5. The summed E-state index contributed by atoms with van der Waals surface area (Å²) < 4.78 is 18.7. The molecule has 1 amide bonds. The fraction of sp³-hybridized carbons (Fsp3) is 0.150. The summed E-state index contributed by atoms with van der Waals surface area (Å²) in [5, 5.41) is 6.22. The van der Waals surface area contributed by atoms with Crippen LogP contribution in [0, 0.1) is 5.82 Å². The van der Waals surface area contributed by atoms with Gasteiger partial charge in [0.15, 0.2) is 6.61 Å². The van der Waals surface area contributed by atoms with Crippen LogP contribution in [-0.2, 0) is 4.79 Å². The Bertz CT molecular complexity index is 998. The predicted molar refractivity (Wildman–Crippen MR) is 111 cm³/mol. The molecule has 3 aromatic rings. The van der Waals surface area contributed by atoms with Crippen molar-refractivity contribution in [1.29, 1.82) is 0 Å². The monoisotopic (exact) mass is 415 g/mol. The lowest BCUT2D eigenvalue weighted by Gasteiger charge is -2.12. The molecule has 7 nitrogen and oxygen atoms in total. The van der Waals surface area contributed by atoms with Crippen molar-refractivity contribution in [3.05, 3.63) is 65.7 Å². The lowest BCUT2D eigenvalue weighted by molar-refractivity contribution is -0.130. The van der Waals surface area contributed by atoms with E-state index < -0.39 is 5.82 Å². The topological polar surface area (TPSA) is 79.4 Å².